The van der Waals surface area contributed by atoms with Crippen LogP contribution in [-0.4, -0.2) is 5.75 Å². The summed E-state index contributed by atoms with van der Waals surface area (Å²) in [7, 11) is 0. The Bertz CT molecular complexity index is 292. The summed E-state index contributed by atoms with van der Waals surface area (Å²) in [6.45, 7) is 2.00. The van der Waals surface area contributed by atoms with Crippen LogP contribution >= 0.6 is 24.2 Å². The zero-order chi connectivity index (χ0) is 8.97. The highest BCUT2D eigenvalue weighted by Gasteiger charge is 1.97. The predicted molar refractivity (Wildman–Crippen MR) is 59.1 cm³/mol. The summed E-state index contributed by atoms with van der Waals surface area (Å²) in [5, 5.41) is 0.829. The largest absolute Gasteiger partial charge is 0.175 e. The van der Waals surface area contributed by atoms with Crippen molar-refractivity contribution in [2.75, 3.05) is 5.75 Å². The molecule has 0 unspecified atom stereocenters. The van der Waals surface area contributed by atoms with Gasteiger partial charge >= 0.3 is 0 Å². The molecule has 0 bridgehead atoms. The van der Waals surface area contributed by atoms with Crippen molar-refractivity contribution in [1.82, 2.24) is 0 Å². The fraction of sp³-hybridized carbons (Fsp3) is 0.200. The Kier molecular flexibility index (Phi) is 3.70. The van der Waals surface area contributed by atoms with Crippen molar-refractivity contribution in [3.63, 3.8) is 0 Å². The van der Waals surface area contributed by atoms with E-state index in [0.717, 1.165) is 21.9 Å². The lowest BCUT2D eigenvalue weighted by Gasteiger charge is -2.00. The molecule has 0 radical (unpaired) electrons. The summed E-state index contributed by atoms with van der Waals surface area (Å²) < 4.78 is 0. The van der Waals surface area contributed by atoms with Crippen LogP contribution in [0.2, 0.25) is 5.02 Å². The summed E-state index contributed by atoms with van der Waals surface area (Å²) in [4.78, 5) is 0. The van der Waals surface area contributed by atoms with E-state index in [9.17, 15) is 0 Å². The van der Waals surface area contributed by atoms with Gasteiger partial charge in [-0.2, -0.15) is 12.6 Å². The van der Waals surface area contributed by atoms with Crippen molar-refractivity contribution in [3.8, 4) is 0 Å². The van der Waals surface area contributed by atoms with E-state index < -0.39 is 0 Å². The van der Waals surface area contributed by atoms with Gasteiger partial charge in [0.2, 0.25) is 0 Å². The van der Waals surface area contributed by atoms with Crippen LogP contribution < -0.4 is 0 Å². The van der Waals surface area contributed by atoms with Gasteiger partial charge in [-0.05, 0) is 18.1 Å². The van der Waals surface area contributed by atoms with Crippen LogP contribution in [0.5, 0.6) is 0 Å². The van der Waals surface area contributed by atoms with Gasteiger partial charge in [-0.3, -0.25) is 0 Å². The molecule has 0 aromatic heterocycles. The molecule has 0 heterocycles. The fourth-order valence-corrected chi connectivity index (χ4v) is 1.27. The first-order valence-corrected chi connectivity index (χ1v) is 4.79. The molecule has 0 aliphatic heterocycles. The molecule has 0 saturated carbocycles. The molecule has 1 aromatic carbocycles. The Labute approximate surface area is 83.7 Å². The van der Waals surface area contributed by atoms with Crippen LogP contribution in [-0.2, 0) is 0 Å². The van der Waals surface area contributed by atoms with E-state index in [-0.39, 0.29) is 0 Å². The second kappa shape index (κ2) is 4.58. The van der Waals surface area contributed by atoms with E-state index in [1.165, 1.54) is 0 Å². The molecule has 0 N–H and O–H groups in total. The molecule has 0 atom stereocenters. The van der Waals surface area contributed by atoms with E-state index >= 15 is 0 Å². The van der Waals surface area contributed by atoms with E-state index in [4.69, 9.17) is 11.6 Å². The molecule has 0 aliphatic rings. The Morgan fingerprint density at radius 3 is 2.92 bits per heavy atom. The van der Waals surface area contributed by atoms with Crippen molar-refractivity contribution in [1.29, 1.82) is 0 Å². The molecule has 1 aromatic rings. The smallest absolute Gasteiger partial charge is 0.0507 e. The molecule has 0 saturated heterocycles. The second-order valence-electron chi connectivity index (χ2n) is 2.56. The van der Waals surface area contributed by atoms with Crippen LogP contribution in [0, 0.1) is 6.92 Å². The summed E-state index contributed by atoms with van der Waals surface area (Å²) in [5.41, 5.74) is 2.17. The van der Waals surface area contributed by atoms with Gasteiger partial charge in [0, 0.05) is 5.75 Å². The Morgan fingerprint density at radius 2 is 2.25 bits per heavy atom. The topological polar surface area (TPSA) is 0 Å². The maximum Gasteiger partial charge on any atom is 0.0507 e. The molecule has 1 rings (SSSR count). The van der Waals surface area contributed by atoms with Crippen molar-refractivity contribution in [2.45, 2.75) is 6.92 Å². The normalized spacial score (nSPS) is 10.9. The van der Waals surface area contributed by atoms with Gasteiger partial charge in [-0.25, -0.2) is 0 Å². The number of rotatable bonds is 2. The van der Waals surface area contributed by atoms with Crippen LogP contribution in [0.4, 0.5) is 0 Å². The van der Waals surface area contributed by atoms with Crippen LogP contribution in [0.3, 0.4) is 0 Å². The Hall–Kier alpha value is -0.400. The molecule has 0 amide bonds. The second-order valence-corrected chi connectivity index (χ2v) is 3.31. The number of benzene rings is 1. The van der Waals surface area contributed by atoms with E-state index in [0.29, 0.717) is 0 Å². The van der Waals surface area contributed by atoms with Gasteiger partial charge in [0.05, 0.1) is 5.02 Å². The number of thiol groups is 1. The first-order valence-electron chi connectivity index (χ1n) is 3.78. The first kappa shape index (κ1) is 9.69. The Morgan fingerprint density at radius 1 is 1.50 bits per heavy atom. The van der Waals surface area contributed by atoms with Gasteiger partial charge < -0.3 is 0 Å². The van der Waals surface area contributed by atoms with Gasteiger partial charge in [-0.15, -0.1) is 0 Å². The highest BCUT2D eigenvalue weighted by Crippen LogP contribution is 2.21. The third kappa shape index (κ3) is 2.29. The summed E-state index contributed by atoms with van der Waals surface area (Å²) in [6.07, 6.45) is 3.96. The molecular weight excluding hydrogens is 188 g/mol. The number of hydrogen-bond donors (Lipinski definition) is 1. The lowest BCUT2D eigenvalue weighted by molar-refractivity contribution is 1.46. The quantitative estimate of drug-likeness (QED) is 0.690. The van der Waals surface area contributed by atoms with Gasteiger partial charge in [-0.1, -0.05) is 42.0 Å². The van der Waals surface area contributed by atoms with Crippen LogP contribution in [0.25, 0.3) is 6.08 Å². The summed E-state index contributed by atoms with van der Waals surface area (Å²) in [6, 6.07) is 6.00. The molecule has 0 spiro atoms. The minimum Gasteiger partial charge on any atom is -0.175 e. The molecule has 64 valence electrons. The maximum absolute atomic E-state index is 6.05. The van der Waals surface area contributed by atoms with E-state index in [1.54, 1.807) is 0 Å². The highest BCUT2D eigenvalue weighted by molar-refractivity contribution is 7.80. The molecule has 2 heteroatoms. The number of hydrogen-bond acceptors (Lipinski definition) is 1. The van der Waals surface area contributed by atoms with Crippen molar-refractivity contribution >= 4 is 30.3 Å². The summed E-state index contributed by atoms with van der Waals surface area (Å²) in [5.74, 6) is 0.740. The molecule has 0 fully saturated rings. The first-order chi connectivity index (χ1) is 5.75. The lowest BCUT2D eigenvalue weighted by Crippen LogP contribution is -1.79. The van der Waals surface area contributed by atoms with Crippen molar-refractivity contribution in [2.24, 2.45) is 0 Å². The minimum absolute atomic E-state index is 0.740. The molecule has 0 aliphatic carbocycles. The molecular formula is C10H11ClS. The predicted octanol–water partition coefficient (Wildman–Crippen LogP) is 3.59. The van der Waals surface area contributed by atoms with Gasteiger partial charge in [0.15, 0.2) is 0 Å². The zero-order valence-corrected chi connectivity index (χ0v) is 8.57. The Balaban J connectivity index is 3.00. The summed E-state index contributed by atoms with van der Waals surface area (Å²) >= 11 is 10.1. The van der Waals surface area contributed by atoms with E-state index in [1.807, 2.05) is 37.3 Å². The van der Waals surface area contributed by atoms with Crippen molar-refractivity contribution < 1.29 is 0 Å². The number of aryl methyl sites for hydroxylation is 1. The average Bonchev–Trinajstić information content (AvgIpc) is 2.08. The lowest BCUT2D eigenvalue weighted by atomic mass is 10.1. The standard InChI is InChI=1S/C10H11ClS/c1-8-4-2-5-9(10(8)11)6-3-7-12/h2-6,12H,7H2,1H3. The molecule has 0 nitrogen and oxygen atoms in total. The van der Waals surface area contributed by atoms with Crippen LogP contribution in [0.1, 0.15) is 11.1 Å². The third-order valence-electron chi connectivity index (χ3n) is 1.62. The number of halogens is 1. The third-order valence-corrected chi connectivity index (χ3v) is 2.35. The van der Waals surface area contributed by atoms with Gasteiger partial charge in [0.25, 0.3) is 0 Å². The van der Waals surface area contributed by atoms with Crippen molar-refractivity contribution in [3.05, 3.63) is 40.4 Å². The SMILES string of the molecule is Cc1cccc(C=CCS)c1Cl. The minimum atomic E-state index is 0.740. The maximum atomic E-state index is 6.05. The zero-order valence-electron chi connectivity index (χ0n) is 6.92. The average molecular weight is 199 g/mol. The van der Waals surface area contributed by atoms with E-state index in [2.05, 4.69) is 12.6 Å². The monoisotopic (exact) mass is 198 g/mol. The molecule has 12 heavy (non-hydrogen) atoms. The highest BCUT2D eigenvalue weighted by atomic mass is 35.5. The fourth-order valence-electron chi connectivity index (χ4n) is 0.979. The van der Waals surface area contributed by atoms with Gasteiger partial charge in [0.1, 0.15) is 0 Å². The van der Waals surface area contributed by atoms with Crippen LogP contribution in [0.15, 0.2) is 24.3 Å².